The summed E-state index contributed by atoms with van der Waals surface area (Å²) in [6.45, 7) is 3.59. The number of imidazole rings is 2. The number of rotatable bonds is 6. The number of aromatic nitrogens is 6. The summed E-state index contributed by atoms with van der Waals surface area (Å²) < 4.78 is 44.1. The number of aryl methyl sites for hydroxylation is 2. The quantitative estimate of drug-likeness (QED) is 0.326. The minimum absolute atomic E-state index is 0.00818. The monoisotopic (exact) mass is 518 g/mol. The Bertz CT molecular complexity index is 1580. The van der Waals surface area contributed by atoms with E-state index < -0.39 is 17.6 Å². The van der Waals surface area contributed by atoms with E-state index in [-0.39, 0.29) is 16.9 Å². The zero-order chi connectivity index (χ0) is 26.9. The third-order valence-electron chi connectivity index (χ3n) is 5.68. The van der Waals surface area contributed by atoms with E-state index in [4.69, 9.17) is 0 Å². The summed E-state index contributed by atoms with van der Waals surface area (Å²) in [5.74, 6) is -0.248. The number of carbonyl (C=O) groups is 1. The van der Waals surface area contributed by atoms with Crippen LogP contribution in [0.4, 0.5) is 30.5 Å². The number of hydrogen-bond acceptors (Lipinski definition) is 6. The fraction of sp³-hybridized carbons (Fsp3) is 0.115. The summed E-state index contributed by atoms with van der Waals surface area (Å²) >= 11 is 0. The van der Waals surface area contributed by atoms with Gasteiger partial charge < -0.3 is 9.88 Å². The second-order valence-electron chi connectivity index (χ2n) is 8.45. The Labute approximate surface area is 215 Å². The van der Waals surface area contributed by atoms with Gasteiger partial charge in [-0.3, -0.25) is 4.79 Å². The molecule has 3 aromatic heterocycles. The molecule has 0 aliphatic rings. The minimum Gasteiger partial charge on any atom is -0.322 e. The van der Waals surface area contributed by atoms with Crippen LogP contribution in [0.3, 0.4) is 0 Å². The van der Waals surface area contributed by atoms with Gasteiger partial charge >= 0.3 is 6.18 Å². The molecule has 0 spiro atoms. The van der Waals surface area contributed by atoms with E-state index in [2.05, 4.69) is 25.3 Å². The molecule has 1 N–H and O–H groups in total. The Morgan fingerprint density at radius 2 is 1.76 bits per heavy atom. The van der Waals surface area contributed by atoms with Gasteiger partial charge in [0.2, 0.25) is 5.95 Å². The average molecular weight is 519 g/mol. The number of alkyl halides is 3. The second kappa shape index (κ2) is 9.81. The largest absolute Gasteiger partial charge is 0.416 e. The van der Waals surface area contributed by atoms with Gasteiger partial charge in [0.05, 0.1) is 23.3 Å². The number of nitrogens with one attached hydrogen (secondary N) is 1. The average Bonchev–Trinajstić information content (AvgIpc) is 3.57. The van der Waals surface area contributed by atoms with Crippen molar-refractivity contribution >= 4 is 23.2 Å². The van der Waals surface area contributed by atoms with Crippen LogP contribution in [0.1, 0.15) is 27.2 Å². The Kier molecular flexibility index (Phi) is 6.37. The number of anilines is 3. The molecule has 0 aliphatic carbocycles. The van der Waals surface area contributed by atoms with Crippen LogP contribution in [0.15, 0.2) is 86.1 Å². The summed E-state index contributed by atoms with van der Waals surface area (Å²) in [4.78, 5) is 30.1. The highest BCUT2D eigenvalue weighted by Gasteiger charge is 2.31. The molecule has 0 fully saturated rings. The minimum atomic E-state index is -4.61. The van der Waals surface area contributed by atoms with Crippen LogP contribution in [0.25, 0.3) is 5.69 Å². The van der Waals surface area contributed by atoms with Crippen molar-refractivity contribution < 1.29 is 18.0 Å². The van der Waals surface area contributed by atoms with Gasteiger partial charge in [-0.1, -0.05) is 6.07 Å². The van der Waals surface area contributed by atoms with Gasteiger partial charge in [-0.2, -0.15) is 13.2 Å². The first-order valence-corrected chi connectivity index (χ1v) is 11.4. The lowest BCUT2D eigenvalue weighted by Gasteiger charge is -2.25. The molecule has 0 radical (unpaired) electrons. The third kappa shape index (κ3) is 5.09. The van der Waals surface area contributed by atoms with Crippen LogP contribution in [-0.4, -0.2) is 35.1 Å². The number of benzene rings is 2. The summed E-state index contributed by atoms with van der Waals surface area (Å²) in [6, 6.07) is 10.00. The van der Waals surface area contributed by atoms with Gasteiger partial charge in [-0.05, 0) is 55.8 Å². The van der Waals surface area contributed by atoms with Gasteiger partial charge in [0.25, 0.3) is 5.91 Å². The van der Waals surface area contributed by atoms with Gasteiger partial charge in [-0.25, -0.2) is 29.6 Å². The highest BCUT2D eigenvalue weighted by atomic mass is 19.4. The highest BCUT2D eigenvalue weighted by Crippen LogP contribution is 2.33. The molecule has 192 valence electrons. The van der Waals surface area contributed by atoms with Crippen molar-refractivity contribution in [2.45, 2.75) is 20.0 Å². The summed E-state index contributed by atoms with van der Waals surface area (Å²) in [6.07, 6.45) is 6.44. The molecule has 0 unspecified atom stereocenters. The predicted octanol–water partition coefficient (Wildman–Crippen LogP) is 5.35. The molecule has 5 aromatic rings. The lowest BCUT2D eigenvalue weighted by atomic mass is 10.1. The zero-order valence-corrected chi connectivity index (χ0v) is 20.3. The van der Waals surface area contributed by atoms with E-state index in [0.717, 1.165) is 17.7 Å². The van der Waals surface area contributed by atoms with Crippen LogP contribution in [-0.2, 0) is 6.18 Å². The van der Waals surface area contributed by atoms with Crippen LogP contribution in [0.2, 0.25) is 0 Å². The molecule has 0 saturated heterocycles. The summed E-state index contributed by atoms with van der Waals surface area (Å²) in [5.41, 5.74) is 1.57. The van der Waals surface area contributed by atoms with Crippen LogP contribution < -0.4 is 10.3 Å². The molecule has 0 saturated carbocycles. The number of halogens is 3. The molecular weight excluding hydrogens is 497 g/mol. The smallest absolute Gasteiger partial charge is 0.322 e. The van der Waals surface area contributed by atoms with Crippen molar-refractivity contribution in [3.63, 3.8) is 0 Å². The van der Waals surface area contributed by atoms with Crippen LogP contribution in [0, 0.1) is 13.8 Å². The molecule has 0 atom stereocenters. The van der Waals surface area contributed by atoms with E-state index >= 15 is 0 Å². The topological polar surface area (TPSA) is 93.8 Å². The van der Waals surface area contributed by atoms with Gasteiger partial charge in [0.1, 0.15) is 6.33 Å². The molecule has 38 heavy (non-hydrogen) atoms. The molecule has 9 nitrogen and oxygen atoms in total. The number of amides is 1. The molecule has 0 aliphatic heterocycles. The first-order valence-electron chi connectivity index (χ1n) is 11.4. The molecule has 12 heteroatoms. The standard InChI is InChI=1S/C26H21F3N8O/c1-17-4-5-19(10-23(17)37(36-9-8-30-15-36)25-31-6-3-7-32-25)24(38)34-21-11-20(26(27,28)29)12-22(13-21)35-14-18(2)33-16-35/h3-16H,1-2H3,(H,34,38). The number of carbonyl (C=O) groups excluding carboxylic acids is 1. The molecule has 5 rings (SSSR count). The summed E-state index contributed by atoms with van der Waals surface area (Å²) in [5, 5.41) is 4.28. The first kappa shape index (κ1) is 24.7. The van der Waals surface area contributed by atoms with E-state index in [1.165, 1.54) is 17.0 Å². The Balaban J connectivity index is 1.51. The Morgan fingerprint density at radius 1 is 0.974 bits per heavy atom. The van der Waals surface area contributed by atoms with E-state index in [0.29, 0.717) is 17.3 Å². The number of nitrogens with zero attached hydrogens (tertiary/aromatic N) is 7. The number of hydrogen-bond donors (Lipinski definition) is 1. The Morgan fingerprint density at radius 3 is 2.42 bits per heavy atom. The maximum Gasteiger partial charge on any atom is 0.416 e. The summed E-state index contributed by atoms with van der Waals surface area (Å²) in [7, 11) is 0. The lowest BCUT2D eigenvalue weighted by Crippen LogP contribution is -2.26. The predicted molar refractivity (Wildman–Crippen MR) is 134 cm³/mol. The molecular formula is C26H21F3N8O. The Hall–Kier alpha value is -5.00. The van der Waals surface area contributed by atoms with Crippen molar-refractivity contribution in [2.75, 3.05) is 10.3 Å². The van der Waals surface area contributed by atoms with Crippen LogP contribution >= 0.6 is 0 Å². The van der Waals surface area contributed by atoms with Crippen molar-refractivity contribution in [3.05, 3.63) is 108 Å². The second-order valence-corrected chi connectivity index (χ2v) is 8.45. The lowest BCUT2D eigenvalue weighted by molar-refractivity contribution is -0.137. The fourth-order valence-corrected chi connectivity index (χ4v) is 3.85. The molecule has 1 amide bonds. The fourth-order valence-electron chi connectivity index (χ4n) is 3.85. The molecule has 0 bridgehead atoms. The zero-order valence-electron chi connectivity index (χ0n) is 20.3. The third-order valence-corrected chi connectivity index (χ3v) is 5.68. The maximum atomic E-state index is 13.6. The molecule has 2 aromatic carbocycles. The normalized spacial score (nSPS) is 11.4. The SMILES string of the molecule is Cc1cn(-c2cc(NC(=O)c3ccc(C)c(N(c4ncccn4)n4ccnc4)c3)cc(C(F)(F)F)c2)cn1. The van der Waals surface area contributed by atoms with Crippen molar-refractivity contribution in [1.29, 1.82) is 0 Å². The van der Waals surface area contributed by atoms with Gasteiger partial charge in [-0.15, -0.1) is 0 Å². The van der Waals surface area contributed by atoms with E-state index in [1.54, 1.807) is 78.2 Å². The maximum absolute atomic E-state index is 13.6. The van der Waals surface area contributed by atoms with E-state index in [9.17, 15) is 18.0 Å². The van der Waals surface area contributed by atoms with Gasteiger partial charge in [0, 0.05) is 47.9 Å². The van der Waals surface area contributed by atoms with Crippen molar-refractivity contribution in [3.8, 4) is 5.69 Å². The van der Waals surface area contributed by atoms with Crippen molar-refractivity contribution in [2.24, 2.45) is 0 Å². The van der Waals surface area contributed by atoms with Crippen LogP contribution in [0.5, 0.6) is 0 Å². The van der Waals surface area contributed by atoms with Crippen molar-refractivity contribution in [1.82, 2.24) is 29.2 Å². The van der Waals surface area contributed by atoms with E-state index in [1.807, 2.05) is 6.92 Å². The molecule has 3 heterocycles. The first-order chi connectivity index (χ1) is 18.2. The van der Waals surface area contributed by atoms with Gasteiger partial charge in [0.15, 0.2) is 0 Å². The highest BCUT2D eigenvalue weighted by molar-refractivity contribution is 6.05.